The molecular formula is C29H32FN3O2. The second-order valence-electron chi connectivity index (χ2n) is 9.45. The molecule has 6 heteroatoms. The van der Waals surface area contributed by atoms with Crippen LogP contribution in [0.25, 0.3) is 0 Å². The highest BCUT2D eigenvalue weighted by Gasteiger charge is 2.41. The van der Waals surface area contributed by atoms with Crippen molar-refractivity contribution in [2.24, 2.45) is 5.92 Å². The largest absolute Gasteiger partial charge is 0.497 e. The highest BCUT2D eigenvalue weighted by atomic mass is 19.1. The number of fused-ring (bicyclic) bond motifs is 3. The Kier molecular flexibility index (Phi) is 7.00. The van der Waals surface area contributed by atoms with Crippen LogP contribution in [0.3, 0.4) is 0 Å². The van der Waals surface area contributed by atoms with Crippen molar-refractivity contribution in [3.63, 3.8) is 0 Å². The summed E-state index contributed by atoms with van der Waals surface area (Å²) in [5, 5.41) is 3.21. The van der Waals surface area contributed by atoms with Gasteiger partial charge in [-0.1, -0.05) is 42.5 Å². The molecule has 0 radical (unpaired) electrons. The summed E-state index contributed by atoms with van der Waals surface area (Å²) in [6.45, 7) is 3.96. The normalized spacial score (nSPS) is 19.5. The van der Waals surface area contributed by atoms with Gasteiger partial charge in [-0.15, -0.1) is 0 Å². The maximum absolute atomic E-state index is 13.4. The van der Waals surface area contributed by atoms with Crippen molar-refractivity contribution in [3.8, 4) is 5.75 Å². The number of ether oxygens (including phenoxy) is 1. The summed E-state index contributed by atoms with van der Waals surface area (Å²) in [4.78, 5) is 18.3. The highest BCUT2D eigenvalue weighted by Crippen LogP contribution is 2.36. The van der Waals surface area contributed by atoms with Gasteiger partial charge >= 0.3 is 0 Å². The number of halogens is 1. The van der Waals surface area contributed by atoms with Crippen LogP contribution in [0.4, 0.5) is 10.1 Å². The molecule has 35 heavy (non-hydrogen) atoms. The average Bonchev–Trinajstić information content (AvgIpc) is 2.89. The molecule has 5 nitrogen and oxygen atoms in total. The Hall–Kier alpha value is -3.38. The number of nitrogens with zero attached hydrogens (tertiary/aromatic N) is 2. The fourth-order valence-electron chi connectivity index (χ4n) is 5.36. The molecule has 2 unspecified atom stereocenters. The molecule has 5 rings (SSSR count). The molecule has 2 atom stereocenters. The summed E-state index contributed by atoms with van der Waals surface area (Å²) in [7, 11) is 1.66. The molecule has 3 aromatic carbocycles. The lowest BCUT2D eigenvalue weighted by molar-refractivity contribution is -0.126. The second kappa shape index (κ2) is 10.5. The lowest BCUT2D eigenvalue weighted by atomic mass is 9.83. The van der Waals surface area contributed by atoms with Crippen LogP contribution in [0.15, 0.2) is 72.8 Å². The van der Waals surface area contributed by atoms with Gasteiger partial charge in [0.2, 0.25) is 5.91 Å². The number of amides is 1. The molecule has 0 spiro atoms. The smallest absolute Gasteiger partial charge is 0.225 e. The molecule has 1 fully saturated rings. The summed E-state index contributed by atoms with van der Waals surface area (Å²) < 4.78 is 18.6. The number of methoxy groups -OCH3 is 1. The number of benzene rings is 3. The van der Waals surface area contributed by atoms with Crippen molar-refractivity contribution in [1.82, 2.24) is 10.2 Å². The van der Waals surface area contributed by atoms with E-state index in [9.17, 15) is 9.18 Å². The monoisotopic (exact) mass is 473 g/mol. The van der Waals surface area contributed by atoms with Crippen molar-refractivity contribution in [2.75, 3.05) is 38.2 Å². The zero-order valence-corrected chi connectivity index (χ0v) is 20.1. The standard InChI is InChI=1S/C29H32FN3O2/c1-35-25-12-8-21(9-13-25)14-15-31-29(34)26-18-23-4-2-3-5-27(23)33-17-16-32(20-28(26)33)19-22-6-10-24(30)11-7-22/h2-13,26,28H,14-20H2,1H3,(H,31,34). The van der Waals surface area contributed by atoms with Crippen LogP contribution in [-0.4, -0.2) is 50.1 Å². The first-order chi connectivity index (χ1) is 17.1. The van der Waals surface area contributed by atoms with E-state index in [2.05, 4.69) is 39.4 Å². The van der Waals surface area contributed by atoms with Crippen molar-refractivity contribution < 1.29 is 13.9 Å². The number of nitrogens with one attached hydrogen (secondary N) is 1. The summed E-state index contributed by atoms with van der Waals surface area (Å²) in [6, 6.07) is 23.3. The van der Waals surface area contributed by atoms with E-state index in [1.165, 1.54) is 28.9 Å². The number of piperazine rings is 1. The van der Waals surface area contributed by atoms with Gasteiger partial charge in [0, 0.05) is 38.4 Å². The van der Waals surface area contributed by atoms with Gasteiger partial charge in [-0.25, -0.2) is 4.39 Å². The predicted octanol–water partition coefficient (Wildman–Crippen LogP) is 4.06. The molecular weight excluding hydrogens is 441 g/mol. The van der Waals surface area contributed by atoms with Crippen LogP contribution in [0.5, 0.6) is 5.75 Å². The van der Waals surface area contributed by atoms with Crippen LogP contribution in [0.1, 0.15) is 16.7 Å². The van der Waals surface area contributed by atoms with Gasteiger partial charge in [-0.3, -0.25) is 9.69 Å². The van der Waals surface area contributed by atoms with Crippen molar-refractivity contribution in [1.29, 1.82) is 0 Å². The van der Waals surface area contributed by atoms with E-state index >= 15 is 0 Å². The van der Waals surface area contributed by atoms with Crippen molar-refractivity contribution >= 4 is 11.6 Å². The Morgan fingerprint density at radius 1 is 1.00 bits per heavy atom. The molecule has 2 aliphatic rings. The number of hydrogen-bond donors (Lipinski definition) is 1. The molecule has 1 saturated heterocycles. The van der Waals surface area contributed by atoms with Gasteiger partial charge in [-0.05, 0) is 59.9 Å². The van der Waals surface area contributed by atoms with Crippen LogP contribution in [-0.2, 0) is 24.2 Å². The van der Waals surface area contributed by atoms with Gasteiger partial charge < -0.3 is 15.0 Å². The zero-order chi connectivity index (χ0) is 24.2. The third-order valence-electron chi connectivity index (χ3n) is 7.24. The average molecular weight is 474 g/mol. The molecule has 1 N–H and O–H groups in total. The van der Waals surface area contributed by atoms with Gasteiger partial charge in [0.1, 0.15) is 11.6 Å². The Labute approximate surface area is 206 Å². The number of carbonyl (C=O) groups excluding carboxylic acids is 1. The van der Waals surface area contributed by atoms with E-state index in [0.29, 0.717) is 6.54 Å². The molecule has 182 valence electrons. The maximum Gasteiger partial charge on any atom is 0.225 e. The number of hydrogen-bond acceptors (Lipinski definition) is 4. The summed E-state index contributed by atoms with van der Waals surface area (Å²) in [5.74, 6) is 0.624. The third kappa shape index (κ3) is 5.33. The molecule has 1 amide bonds. The quantitative estimate of drug-likeness (QED) is 0.562. The van der Waals surface area contributed by atoms with Gasteiger partial charge in [0.05, 0.1) is 19.1 Å². The lowest BCUT2D eigenvalue weighted by Crippen LogP contribution is -2.61. The summed E-state index contributed by atoms with van der Waals surface area (Å²) >= 11 is 0. The van der Waals surface area contributed by atoms with E-state index in [0.717, 1.165) is 50.3 Å². The summed E-state index contributed by atoms with van der Waals surface area (Å²) in [5.41, 5.74) is 4.76. The minimum Gasteiger partial charge on any atom is -0.497 e. The first-order valence-electron chi connectivity index (χ1n) is 12.3. The van der Waals surface area contributed by atoms with E-state index in [4.69, 9.17) is 4.74 Å². The minimum atomic E-state index is -0.214. The van der Waals surface area contributed by atoms with Crippen molar-refractivity contribution in [2.45, 2.75) is 25.4 Å². The van der Waals surface area contributed by atoms with Gasteiger partial charge in [0.15, 0.2) is 0 Å². The molecule has 2 heterocycles. The van der Waals surface area contributed by atoms with Crippen LogP contribution >= 0.6 is 0 Å². The lowest BCUT2D eigenvalue weighted by Gasteiger charge is -2.49. The minimum absolute atomic E-state index is 0.111. The highest BCUT2D eigenvalue weighted by molar-refractivity contribution is 5.82. The zero-order valence-electron chi connectivity index (χ0n) is 20.1. The van der Waals surface area contributed by atoms with E-state index in [-0.39, 0.29) is 23.7 Å². The second-order valence-corrected chi connectivity index (χ2v) is 9.45. The Morgan fingerprint density at radius 2 is 1.74 bits per heavy atom. The van der Waals surface area contributed by atoms with E-state index < -0.39 is 0 Å². The SMILES string of the molecule is COc1ccc(CCNC(=O)C2Cc3ccccc3N3CCN(Cc4ccc(F)cc4)CC23)cc1. The topological polar surface area (TPSA) is 44.8 Å². The third-order valence-corrected chi connectivity index (χ3v) is 7.24. The predicted molar refractivity (Wildman–Crippen MR) is 136 cm³/mol. The molecule has 0 aromatic heterocycles. The van der Waals surface area contributed by atoms with E-state index in [1.54, 1.807) is 7.11 Å². The fourth-order valence-corrected chi connectivity index (χ4v) is 5.36. The molecule has 2 aliphatic heterocycles. The Bertz CT molecular complexity index is 1150. The first-order valence-corrected chi connectivity index (χ1v) is 12.3. The molecule has 0 saturated carbocycles. The van der Waals surface area contributed by atoms with Crippen LogP contribution in [0.2, 0.25) is 0 Å². The maximum atomic E-state index is 13.4. The fraction of sp³-hybridized carbons (Fsp3) is 0.345. The van der Waals surface area contributed by atoms with Gasteiger partial charge in [-0.2, -0.15) is 0 Å². The van der Waals surface area contributed by atoms with Crippen LogP contribution < -0.4 is 15.0 Å². The van der Waals surface area contributed by atoms with Gasteiger partial charge in [0.25, 0.3) is 0 Å². The molecule has 0 bridgehead atoms. The molecule has 3 aromatic rings. The Morgan fingerprint density at radius 3 is 2.51 bits per heavy atom. The number of carbonyl (C=O) groups is 1. The first kappa shape index (κ1) is 23.4. The summed E-state index contributed by atoms with van der Waals surface area (Å²) in [6.07, 6.45) is 1.53. The molecule has 0 aliphatic carbocycles. The van der Waals surface area contributed by atoms with Crippen LogP contribution in [0, 0.1) is 11.7 Å². The van der Waals surface area contributed by atoms with Crippen molar-refractivity contribution in [3.05, 3.63) is 95.3 Å². The number of para-hydroxylation sites is 1. The Balaban J connectivity index is 1.27. The van der Waals surface area contributed by atoms with E-state index in [1.807, 2.05) is 36.4 Å². The number of rotatable bonds is 7. The number of anilines is 1.